The Morgan fingerprint density at radius 1 is 0.862 bits per heavy atom. The van der Waals surface area contributed by atoms with Crippen molar-refractivity contribution in [2.75, 3.05) is 5.32 Å². The molecule has 3 rings (SSSR count). The number of carbonyl (C=O) groups is 1. The van der Waals surface area contributed by atoms with Crippen LogP contribution in [0.15, 0.2) is 95.2 Å². The second-order valence-electron chi connectivity index (χ2n) is 5.91. The van der Waals surface area contributed by atoms with Gasteiger partial charge in [0, 0.05) is 16.8 Å². The van der Waals surface area contributed by atoms with Crippen molar-refractivity contribution in [3.8, 4) is 0 Å². The summed E-state index contributed by atoms with van der Waals surface area (Å²) in [6.07, 6.45) is 3.09. The van der Waals surface area contributed by atoms with Gasteiger partial charge in [0.1, 0.15) is 0 Å². The highest BCUT2D eigenvalue weighted by molar-refractivity contribution is 7.80. The van der Waals surface area contributed by atoms with Crippen molar-refractivity contribution in [2.24, 2.45) is 10.2 Å². The number of nitrogens with one attached hydrogen (secondary N) is 2. The molecule has 0 saturated carbocycles. The van der Waals surface area contributed by atoms with E-state index in [9.17, 15) is 4.79 Å². The molecule has 0 spiro atoms. The van der Waals surface area contributed by atoms with Gasteiger partial charge in [0.2, 0.25) is 5.91 Å². The summed E-state index contributed by atoms with van der Waals surface area (Å²) in [5.74, 6) is -0.328. The molecular weight excluding hydrogens is 404 g/mol. The quantitative estimate of drug-likeness (QED) is 0.290. The number of azo groups is 1. The number of thiocarbonyl (C=S) groups is 1. The van der Waals surface area contributed by atoms with Crippen molar-refractivity contribution in [1.82, 2.24) is 5.32 Å². The van der Waals surface area contributed by atoms with Gasteiger partial charge < -0.3 is 5.32 Å². The molecule has 0 heterocycles. The number of benzene rings is 3. The third-order valence-electron chi connectivity index (χ3n) is 3.70. The zero-order chi connectivity index (χ0) is 20.5. The predicted molar refractivity (Wildman–Crippen MR) is 122 cm³/mol. The topological polar surface area (TPSA) is 65.8 Å². The third kappa shape index (κ3) is 6.95. The van der Waals surface area contributed by atoms with Gasteiger partial charge in [-0.15, -0.1) is 0 Å². The summed E-state index contributed by atoms with van der Waals surface area (Å²) in [6, 6.07) is 23.9. The van der Waals surface area contributed by atoms with Crippen molar-refractivity contribution in [3.63, 3.8) is 0 Å². The van der Waals surface area contributed by atoms with Crippen LogP contribution in [-0.4, -0.2) is 11.0 Å². The molecule has 2 N–H and O–H groups in total. The molecule has 0 aliphatic carbocycles. The summed E-state index contributed by atoms with van der Waals surface area (Å²) in [5, 5.41) is 14.7. The summed E-state index contributed by atoms with van der Waals surface area (Å²) in [7, 11) is 0. The van der Waals surface area contributed by atoms with Gasteiger partial charge in [0.25, 0.3) is 0 Å². The Bertz CT molecular complexity index is 1030. The van der Waals surface area contributed by atoms with E-state index < -0.39 is 0 Å². The Morgan fingerprint density at radius 2 is 1.48 bits per heavy atom. The minimum atomic E-state index is -0.328. The average Bonchev–Trinajstić information content (AvgIpc) is 2.73. The van der Waals surface area contributed by atoms with E-state index in [1.807, 2.05) is 42.5 Å². The van der Waals surface area contributed by atoms with E-state index in [-0.39, 0.29) is 11.0 Å². The highest BCUT2D eigenvalue weighted by Crippen LogP contribution is 2.20. The molecule has 0 unspecified atom stereocenters. The largest absolute Gasteiger partial charge is 0.332 e. The van der Waals surface area contributed by atoms with E-state index in [2.05, 4.69) is 20.9 Å². The van der Waals surface area contributed by atoms with Gasteiger partial charge in [-0.25, -0.2) is 0 Å². The molecule has 29 heavy (non-hydrogen) atoms. The van der Waals surface area contributed by atoms with Gasteiger partial charge in [-0.3, -0.25) is 10.1 Å². The number of carbonyl (C=O) groups excluding carboxylic acids is 1. The number of amides is 1. The fraction of sp³-hybridized carbons (Fsp3) is 0. The first-order chi connectivity index (χ1) is 14.1. The van der Waals surface area contributed by atoms with E-state index >= 15 is 0 Å². The number of halogens is 1. The smallest absolute Gasteiger partial charge is 0.250 e. The van der Waals surface area contributed by atoms with Crippen LogP contribution in [0.1, 0.15) is 5.56 Å². The van der Waals surface area contributed by atoms with Crippen molar-refractivity contribution >= 4 is 58.0 Å². The monoisotopic (exact) mass is 420 g/mol. The van der Waals surface area contributed by atoms with Gasteiger partial charge in [-0.1, -0.05) is 41.9 Å². The van der Waals surface area contributed by atoms with Crippen LogP contribution in [-0.2, 0) is 4.79 Å². The summed E-state index contributed by atoms with van der Waals surface area (Å²) < 4.78 is 0. The Kier molecular flexibility index (Phi) is 7.22. The van der Waals surface area contributed by atoms with Crippen LogP contribution >= 0.6 is 23.8 Å². The average molecular weight is 421 g/mol. The standard InChI is InChI=1S/C22H17ClN4OS/c23-17-9-6-16(7-10-17)8-15-21(28)25-22(29)24-18-11-13-20(14-12-18)27-26-19-4-2-1-3-5-19/h1-15H,(H2,24,25,28,29)/b15-8+,27-26?. The summed E-state index contributed by atoms with van der Waals surface area (Å²) in [4.78, 5) is 12.0. The lowest BCUT2D eigenvalue weighted by molar-refractivity contribution is -0.115. The SMILES string of the molecule is O=C(/C=C/c1ccc(Cl)cc1)NC(=S)Nc1ccc(N=Nc2ccccc2)cc1. The highest BCUT2D eigenvalue weighted by atomic mass is 35.5. The lowest BCUT2D eigenvalue weighted by Gasteiger charge is -2.08. The van der Waals surface area contributed by atoms with Crippen molar-refractivity contribution in [3.05, 3.63) is 95.5 Å². The first-order valence-electron chi connectivity index (χ1n) is 8.71. The molecule has 1 amide bonds. The predicted octanol–water partition coefficient (Wildman–Crippen LogP) is 6.28. The number of rotatable bonds is 5. The lowest BCUT2D eigenvalue weighted by Crippen LogP contribution is -2.32. The van der Waals surface area contributed by atoms with E-state index in [4.69, 9.17) is 23.8 Å². The molecule has 144 valence electrons. The Morgan fingerprint density at radius 3 is 2.14 bits per heavy atom. The van der Waals surface area contributed by atoms with Gasteiger partial charge in [-0.2, -0.15) is 10.2 Å². The van der Waals surface area contributed by atoms with Gasteiger partial charge >= 0.3 is 0 Å². The minimum Gasteiger partial charge on any atom is -0.332 e. The van der Waals surface area contributed by atoms with Crippen LogP contribution < -0.4 is 10.6 Å². The number of hydrogen-bond acceptors (Lipinski definition) is 4. The van der Waals surface area contributed by atoms with Crippen LogP contribution in [0.5, 0.6) is 0 Å². The summed E-state index contributed by atoms with van der Waals surface area (Å²) >= 11 is 11.0. The molecule has 7 heteroatoms. The first kappa shape index (κ1) is 20.4. The van der Waals surface area contributed by atoms with Crippen molar-refractivity contribution in [1.29, 1.82) is 0 Å². The van der Waals surface area contributed by atoms with Crippen LogP contribution in [0.3, 0.4) is 0 Å². The molecule has 5 nitrogen and oxygen atoms in total. The zero-order valence-corrected chi connectivity index (χ0v) is 16.8. The molecule has 0 aliphatic heterocycles. The van der Waals surface area contributed by atoms with Crippen molar-refractivity contribution < 1.29 is 4.79 Å². The Labute approximate surface area is 179 Å². The molecule has 3 aromatic carbocycles. The molecule has 0 aliphatic rings. The number of nitrogens with zero attached hydrogens (tertiary/aromatic N) is 2. The molecule has 0 fully saturated rings. The molecule has 0 bridgehead atoms. The van der Waals surface area contributed by atoms with Crippen molar-refractivity contribution in [2.45, 2.75) is 0 Å². The minimum absolute atomic E-state index is 0.203. The molecule has 3 aromatic rings. The molecule has 0 atom stereocenters. The van der Waals surface area contributed by atoms with E-state index in [1.165, 1.54) is 6.08 Å². The molecular formula is C22H17ClN4OS. The van der Waals surface area contributed by atoms with E-state index in [0.717, 1.165) is 16.9 Å². The lowest BCUT2D eigenvalue weighted by atomic mass is 10.2. The first-order valence-corrected chi connectivity index (χ1v) is 9.49. The maximum Gasteiger partial charge on any atom is 0.250 e. The van der Waals surface area contributed by atoms with E-state index in [1.54, 1.807) is 42.5 Å². The summed E-state index contributed by atoms with van der Waals surface area (Å²) in [6.45, 7) is 0. The van der Waals surface area contributed by atoms with E-state index in [0.29, 0.717) is 10.7 Å². The molecule has 0 saturated heterocycles. The fourth-order valence-electron chi connectivity index (χ4n) is 2.28. The highest BCUT2D eigenvalue weighted by Gasteiger charge is 2.02. The van der Waals surface area contributed by atoms with Crippen LogP contribution in [0, 0.1) is 0 Å². The van der Waals surface area contributed by atoms with Crippen LogP contribution in [0.2, 0.25) is 5.02 Å². The third-order valence-corrected chi connectivity index (χ3v) is 4.15. The summed E-state index contributed by atoms with van der Waals surface area (Å²) in [5.41, 5.74) is 3.09. The molecule has 0 aromatic heterocycles. The number of hydrogen-bond donors (Lipinski definition) is 2. The second kappa shape index (κ2) is 10.3. The fourth-order valence-corrected chi connectivity index (χ4v) is 2.63. The zero-order valence-electron chi connectivity index (χ0n) is 15.2. The maximum atomic E-state index is 12.0. The van der Waals surface area contributed by atoms with Crippen LogP contribution in [0.25, 0.3) is 6.08 Å². The van der Waals surface area contributed by atoms with Gasteiger partial charge in [-0.05, 0) is 72.4 Å². The number of anilines is 1. The normalized spacial score (nSPS) is 10.9. The maximum absolute atomic E-state index is 12.0. The Hall–Kier alpha value is -3.35. The second-order valence-corrected chi connectivity index (χ2v) is 6.76. The Balaban J connectivity index is 1.50. The molecule has 0 radical (unpaired) electrons. The van der Waals surface area contributed by atoms with Crippen LogP contribution in [0.4, 0.5) is 17.1 Å². The van der Waals surface area contributed by atoms with Gasteiger partial charge in [0.15, 0.2) is 5.11 Å². The van der Waals surface area contributed by atoms with Gasteiger partial charge in [0.05, 0.1) is 11.4 Å².